The number of nitrogens with zero attached hydrogens (tertiary/aromatic N) is 2. The zero-order chi connectivity index (χ0) is 14.1. The van der Waals surface area contributed by atoms with E-state index in [4.69, 9.17) is 16.6 Å². The van der Waals surface area contributed by atoms with Crippen molar-refractivity contribution < 1.29 is 0 Å². The Morgan fingerprint density at radius 2 is 2.05 bits per heavy atom. The van der Waals surface area contributed by atoms with Crippen molar-refractivity contribution in [1.29, 1.82) is 0 Å². The van der Waals surface area contributed by atoms with Gasteiger partial charge in [-0.15, -0.1) is 11.6 Å². The van der Waals surface area contributed by atoms with E-state index >= 15 is 0 Å². The van der Waals surface area contributed by atoms with Gasteiger partial charge >= 0.3 is 0 Å². The van der Waals surface area contributed by atoms with E-state index in [1.165, 1.54) is 31.2 Å². The number of aromatic nitrogens is 2. The van der Waals surface area contributed by atoms with Crippen LogP contribution in [-0.4, -0.2) is 15.4 Å². The molecule has 1 aliphatic rings. The summed E-state index contributed by atoms with van der Waals surface area (Å²) < 4.78 is 3.54. The fourth-order valence-corrected chi connectivity index (χ4v) is 3.81. The number of rotatable bonds is 3. The molecule has 0 radical (unpaired) electrons. The zero-order valence-electron chi connectivity index (χ0n) is 11.8. The highest BCUT2D eigenvalue weighted by Crippen LogP contribution is 2.35. The number of aryl methyl sites for hydroxylation is 1. The van der Waals surface area contributed by atoms with Gasteiger partial charge in [0.15, 0.2) is 0 Å². The molecule has 0 saturated heterocycles. The van der Waals surface area contributed by atoms with Crippen LogP contribution in [0.2, 0.25) is 0 Å². The van der Waals surface area contributed by atoms with Crippen LogP contribution < -0.4 is 0 Å². The molecular formula is C16H20BrClN2. The first kappa shape index (κ1) is 14.4. The van der Waals surface area contributed by atoms with Gasteiger partial charge in [0.25, 0.3) is 0 Å². The fourth-order valence-electron chi connectivity index (χ4n) is 3.29. The minimum absolute atomic E-state index is 0.593. The first-order chi connectivity index (χ1) is 9.69. The Labute approximate surface area is 133 Å². The number of hydrogen-bond acceptors (Lipinski definition) is 1. The average Bonchev–Trinajstić information content (AvgIpc) is 2.77. The molecular weight excluding hydrogens is 336 g/mol. The Bertz CT molecular complexity index is 600. The predicted octanol–water partition coefficient (Wildman–Crippen LogP) is 5.33. The van der Waals surface area contributed by atoms with E-state index in [1.807, 2.05) is 0 Å². The molecule has 0 unspecified atom stereocenters. The van der Waals surface area contributed by atoms with Gasteiger partial charge in [0.2, 0.25) is 0 Å². The second kappa shape index (κ2) is 6.07. The van der Waals surface area contributed by atoms with Crippen molar-refractivity contribution in [2.75, 3.05) is 5.88 Å². The lowest BCUT2D eigenvalue weighted by Gasteiger charge is -2.29. The number of benzene rings is 1. The Morgan fingerprint density at radius 3 is 2.75 bits per heavy atom. The van der Waals surface area contributed by atoms with E-state index in [1.54, 1.807) is 0 Å². The smallest absolute Gasteiger partial charge is 0.111 e. The van der Waals surface area contributed by atoms with Crippen LogP contribution in [0.5, 0.6) is 0 Å². The highest BCUT2D eigenvalue weighted by atomic mass is 79.9. The quantitative estimate of drug-likeness (QED) is 0.680. The summed E-state index contributed by atoms with van der Waals surface area (Å²) in [5.74, 6) is 2.65. The molecule has 2 nitrogen and oxygen atoms in total. The van der Waals surface area contributed by atoms with Crippen molar-refractivity contribution in [3.05, 3.63) is 28.5 Å². The molecule has 108 valence electrons. The maximum atomic E-state index is 5.97. The molecule has 0 atom stereocenters. The lowest BCUT2D eigenvalue weighted by molar-refractivity contribution is 0.290. The molecule has 1 fully saturated rings. The van der Waals surface area contributed by atoms with Crippen LogP contribution in [0.1, 0.15) is 44.5 Å². The van der Waals surface area contributed by atoms with E-state index in [0.717, 1.165) is 28.2 Å². The average molecular weight is 356 g/mol. The standard InChI is InChI=1S/C16H20BrClN2/c1-11-2-5-13(6-3-11)20-15-7-4-12(17)10-14(15)19-16(20)8-9-18/h4,7,10-11,13H,2-3,5-6,8-9H2,1H3. The van der Waals surface area contributed by atoms with Crippen molar-refractivity contribution >= 4 is 38.6 Å². The maximum absolute atomic E-state index is 5.97. The van der Waals surface area contributed by atoms with E-state index in [9.17, 15) is 0 Å². The summed E-state index contributed by atoms with van der Waals surface area (Å²) in [6, 6.07) is 6.99. The molecule has 1 aliphatic carbocycles. The molecule has 0 spiro atoms. The molecule has 0 bridgehead atoms. The van der Waals surface area contributed by atoms with Gasteiger partial charge in [-0.2, -0.15) is 0 Å². The van der Waals surface area contributed by atoms with Crippen molar-refractivity contribution in [2.24, 2.45) is 5.92 Å². The second-order valence-corrected chi connectivity index (χ2v) is 7.18. The summed E-state index contributed by atoms with van der Waals surface area (Å²) in [4.78, 5) is 4.81. The third kappa shape index (κ3) is 2.75. The van der Waals surface area contributed by atoms with Gasteiger partial charge in [0.1, 0.15) is 5.82 Å². The lowest BCUT2D eigenvalue weighted by Crippen LogP contribution is -2.19. The number of fused-ring (bicyclic) bond motifs is 1. The molecule has 3 rings (SSSR count). The highest BCUT2D eigenvalue weighted by molar-refractivity contribution is 9.10. The lowest BCUT2D eigenvalue weighted by atomic mass is 9.87. The summed E-state index contributed by atoms with van der Waals surface area (Å²) in [6.45, 7) is 2.36. The molecule has 20 heavy (non-hydrogen) atoms. The molecule has 1 heterocycles. The first-order valence-corrected chi connectivity index (χ1v) is 8.74. The number of imidazole rings is 1. The summed E-state index contributed by atoms with van der Waals surface area (Å²) in [5, 5.41) is 0. The van der Waals surface area contributed by atoms with Crippen LogP contribution in [0.15, 0.2) is 22.7 Å². The molecule has 2 aromatic rings. The molecule has 0 amide bonds. The summed E-state index contributed by atoms with van der Waals surface area (Å²) >= 11 is 9.50. The normalized spacial score (nSPS) is 23.4. The SMILES string of the molecule is CC1CCC(n2c(CCCl)nc3cc(Br)ccc32)CC1. The van der Waals surface area contributed by atoms with E-state index in [2.05, 4.69) is 45.6 Å². The summed E-state index contributed by atoms with van der Waals surface area (Å²) in [5.41, 5.74) is 2.34. The van der Waals surface area contributed by atoms with Gasteiger partial charge in [-0.3, -0.25) is 0 Å². The van der Waals surface area contributed by atoms with E-state index < -0.39 is 0 Å². The van der Waals surface area contributed by atoms with Crippen molar-refractivity contribution in [3.63, 3.8) is 0 Å². The molecule has 4 heteroatoms. The van der Waals surface area contributed by atoms with E-state index in [0.29, 0.717) is 11.9 Å². The number of hydrogen-bond donors (Lipinski definition) is 0. The number of alkyl halides is 1. The Kier molecular flexibility index (Phi) is 4.37. The Morgan fingerprint density at radius 1 is 1.30 bits per heavy atom. The van der Waals surface area contributed by atoms with E-state index in [-0.39, 0.29) is 0 Å². The predicted molar refractivity (Wildman–Crippen MR) is 88.5 cm³/mol. The van der Waals surface area contributed by atoms with Crippen LogP contribution >= 0.6 is 27.5 Å². The van der Waals surface area contributed by atoms with Gasteiger partial charge in [-0.05, 0) is 49.8 Å². The third-order valence-electron chi connectivity index (χ3n) is 4.39. The highest BCUT2D eigenvalue weighted by Gasteiger charge is 2.23. The van der Waals surface area contributed by atoms with Crippen molar-refractivity contribution in [2.45, 2.75) is 45.1 Å². The van der Waals surface area contributed by atoms with Crippen LogP contribution in [0.3, 0.4) is 0 Å². The second-order valence-electron chi connectivity index (χ2n) is 5.88. The van der Waals surface area contributed by atoms with Crippen LogP contribution in [0, 0.1) is 5.92 Å². The summed E-state index contributed by atoms with van der Waals surface area (Å²) in [6.07, 6.45) is 6.01. The monoisotopic (exact) mass is 354 g/mol. The number of halogens is 2. The first-order valence-electron chi connectivity index (χ1n) is 7.41. The summed E-state index contributed by atoms with van der Waals surface area (Å²) in [7, 11) is 0. The topological polar surface area (TPSA) is 17.8 Å². The van der Waals surface area contributed by atoms with Gasteiger partial charge in [-0.1, -0.05) is 22.9 Å². The Balaban J connectivity index is 2.04. The van der Waals surface area contributed by atoms with Crippen molar-refractivity contribution in [1.82, 2.24) is 9.55 Å². The third-order valence-corrected chi connectivity index (χ3v) is 5.08. The van der Waals surface area contributed by atoms with Crippen molar-refractivity contribution in [3.8, 4) is 0 Å². The van der Waals surface area contributed by atoms with Gasteiger partial charge in [-0.25, -0.2) is 4.98 Å². The zero-order valence-corrected chi connectivity index (χ0v) is 14.1. The van der Waals surface area contributed by atoms with Crippen LogP contribution in [0.25, 0.3) is 11.0 Å². The fraction of sp³-hybridized carbons (Fsp3) is 0.562. The van der Waals surface area contributed by atoms with Crippen LogP contribution in [0.4, 0.5) is 0 Å². The minimum atomic E-state index is 0.593. The van der Waals surface area contributed by atoms with Gasteiger partial charge in [0.05, 0.1) is 11.0 Å². The molecule has 0 N–H and O–H groups in total. The largest absolute Gasteiger partial charge is 0.325 e. The van der Waals surface area contributed by atoms with Gasteiger partial charge in [0, 0.05) is 22.8 Å². The Hall–Kier alpha value is -0.540. The van der Waals surface area contributed by atoms with Gasteiger partial charge < -0.3 is 4.57 Å². The minimum Gasteiger partial charge on any atom is -0.325 e. The maximum Gasteiger partial charge on any atom is 0.111 e. The van der Waals surface area contributed by atoms with Crippen LogP contribution in [-0.2, 0) is 6.42 Å². The molecule has 1 aromatic heterocycles. The molecule has 1 aromatic carbocycles. The molecule has 1 saturated carbocycles. The molecule has 0 aliphatic heterocycles.